The van der Waals surface area contributed by atoms with Crippen molar-refractivity contribution in [2.75, 3.05) is 29.4 Å². The zero-order chi connectivity index (χ0) is 23.3. The second-order valence-electron chi connectivity index (χ2n) is 8.26. The molecule has 172 valence electrons. The highest BCUT2D eigenvalue weighted by atomic mass is 19.4. The number of rotatable bonds is 3. The smallest absolute Gasteiger partial charge is 0.366 e. The second-order valence-corrected chi connectivity index (χ2v) is 8.26. The lowest BCUT2D eigenvalue weighted by Crippen LogP contribution is -2.42. The number of piperidine rings is 1. The number of anilines is 2. The van der Waals surface area contributed by atoms with Crippen LogP contribution in [-0.2, 0) is 17.5 Å². The zero-order valence-corrected chi connectivity index (χ0v) is 17.5. The lowest BCUT2D eigenvalue weighted by molar-refractivity contribution is -0.384. The number of aromatic nitrogens is 2. The largest absolute Gasteiger partial charge is 0.416 e. The van der Waals surface area contributed by atoms with E-state index >= 15 is 0 Å². The maximum absolute atomic E-state index is 13.2. The Kier molecular flexibility index (Phi) is 4.98. The summed E-state index contributed by atoms with van der Waals surface area (Å²) in [5, 5.41) is 11.4. The molecule has 0 N–H and O–H groups in total. The molecule has 3 aromatic rings. The van der Waals surface area contributed by atoms with Crippen LogP contribution in [0.3, 0.4) is 0 Å². The number of nitro benzene ring substituents is 1. The van der Waals surface area contributed by atoms with E-state index < -0.39 is 22.4 Å². The molecule has 0 bridgehead atoms. The first-order valence-electron chi connectivity index (χ1n) is 10.6. The quantitative estimate of drug-likeness (QED) is 0.432. The number of carbonyl (C=O) groups is 1. The summed E-state index contributed by atoms with van der Waals surface area (Å²) in [6.07, 6.45) is -3.75. The summed E-state index contributed by atoms with van der Waals surface area (Å²) in [7, 11) is 0. The molecule has 3 heterocycles. The van der Waals surface area contributed by atoms with Crippen molar-refractivity contribution >= 4 is 34.3 Å². The number of imidazole rings is 1. The molecule has 1 fully saturated rings. The minimum Gasteiger partial charge on any atom is -0.366 e. The number of amides is 1. The van der Waals surface area contributed by atoms with Gasteiger partial charge in [-0.25, -0.2) is 4.98 Å². The molecule has 33 heavy (non-hydrogen) atoms. The average molecular weight is 459 g/mol. The summed E-state index contributed by atoms with van der Waals surface area (Å²) in [6, 6.07) is 10.3. The molecule has 1 aromatic heterocycles. The van der Waals surface area contributed by atoms with Gasteiger partial charge in [0.1, 0.15) is 5.69 Å². The molecule has 0 unspecified atom stereocenters. The minimum absolute atomic E-state index is 0.0365. The minimum atomic E-state index is -4.66. The summed E-state index contributed by atoms with van der Waals surface area (Å²) in [5.41, 5.74) is 0.311. The van der Waals surface area contributed by atoms with E-state index in [1.165, 1.54) is 0 Å². The molecule has 1 amide bonds. The average Bonchev–Trinajstić information content (AvgIpc) is 3.37. The second kappa shape index (κ2) is 7.75. The number of carbonyl (C=O) groups excluding carboxylic acids is 1. The van der Waals surface area contributed by atoms with Gasteiger partial charge >= 0.3 is 6.18 Å². The van der Waals surface area contributed by atoms with Crippen molar-refractivity contribution in [2.45, 2.75) is 25.6 Å². The SMILES string of the molecule is O=C(C1CCN(c2ccc(C(F)(F)F)cc2[N+](=O)[O-])CC1)N1CCn2c1nc1ccccc12. The van der Waals surface area contributed by atoms with E-state index in [0.29, 0.717) is 51.0 Å². The van der Waals surface area contributed by atoms with Gasteiger partial charge in [0.25, 0.3) is 5.69 Å². The van der Waals surface area contributed by atoms with Crippen LogP contribution in [0.2, 0.25) is 0 Å². The van der Waals surface area contributed by atoms with Crippen LogP contribution in [0.25, 0.3) is 11.0 Å². The molecule has 0 saturated carbocycles. The topological polar surface area (TPSA) is 84.5 Å². The monoisotopic (exact) mass is 459 g/mol. The van der Waals surface area contributed by atoms with Crippen molar-refractivity contribution in [3.63, 3.8) is 0 Å². The number of benzene rings is 2. The molecule has 11 heteroatoms. The first-order chi connectivity index (χ1) is 15.7. The van der Waals surface area contributed by atoms with Crippen LogP contribution >= 0.6 is 0 Å². The third-order valence-corrected chi connectivity index (χ3v) is 6.37. The van der Waals surface area contributed by atoms with Crippen molar-refractivity contribution in [1.29, 1.82) is 0 Å². The summed E-state index contributed by atoms with van der Waals surface area (Å²) in [4.78, 5) is 31.8. The first kappa shape index (κ1) is 21.2. The van der Waals surface area contributed by atoms with E-state index in [2.05, 4.69) is 4.98 Å². The molecule has 1 saturated heterocycles. The van der Waals surface area contributed by atoms with Crippen molar-refractivity contribution in [3.8, 4) is 0 Å². The third kappa shape index (κ3) is 3.66. The van der Waals surface area contributed by atoms with Gasteiger partial charge in [-0.05, 0) is 37.1 Å². The molecule has 0 spiro atoms. The number of nitrogens with zero attached hydrogens (tertiary/aromatic N) is 5. The van der Waals surface area contributed by atoms with Gasteiger partial charge < -0.3 is 9.47 Å². The Balaban J connectivity index is 1.31. The van der Waals surface area contributed by atoms with Gasteiger partial charge in [-0.3, -0.25) is 19.8 Å². The normalized spacial score (nSPS) is 16.9. The van der Waals surface area contributed by atoms with Gasteiger partial charge in [0.2, 0.25) is 11.9 Å². The van der Waals surface area contributed by atoms with Crippen LogP contribution in [0.1, 0.15) is 18.4 Å². The maximum atomic E-state index is 13.2. The number of halogens is 3. The number of nitro groups is 1. The molecule has 0 radical (unpaired) electrons. The van der Waals surface area contributed by atoms with Crippen LogP contribution in [0.4, 0.5) is 30.5 Å². The first-order valence-corrected chi connectivity index (χ1v) is 10.6. The predicted octanol–water partition coefficient (Wildman–Crippen LogP) is 4.23. The van der Waals surface area contributed by atoms with Crippen molar-refractivity contribution in [1.82, 2.24) is 9.55 Å². The van der Waals surface area contributed by atoms with Gasteiger partial charge in [0.15, 0.2) is 0 Å². The Hall–Kier alpha value is -3.63. The molecule has 2 aliphatic heterocycles. The standard InChI is InChI=1S/C22H20F3N5O3/c23-22(24,25)15-5-6-18(19(13-15)30(32)33)27-9-7-14(8-10-27)20(31)29-12-11-28-17-4-2-1-3-16(17)26-21(28)29/h1-6,13-14H,7-12H2. The van der Waals surface area contributed by atoms with Gasteiger partial charge in [0, 0.05) is 38.2 Å². The number of hydrogen-bond donors (Lipinski definition) is 0. The fourth-order valence-corrected chi connectivity index (χ4v) is 4.70. The van der Waals surface area contributed by atoms with Crippen LogP contribution < -0.4 is 9.80 Å². The van der Waals surface area contributed by atoms with Gasteiger partial charge in [-0.1, -0.05) is 12.1 Å². The summed E-state index contributed by atoms with van der Waals surface area (Å²) in [5.74, 6) is 0.314. The molecule has 0 atom stereocenters. The number of alkyl halides is 3. The highest BCUT2D eigenvalue weighted by Gasteiger charge is 2.37. The number of para-hydroxylation sites is 2. The lowest BCUT2D eigenvalue weighted by atomic mass is 9.94. The van der Waals surface area contributed by atoms with Crippen LogP contribution in [-0.4, -0.2) is 40.0 Å². The molecular formula is C22H20F3N5O3. The van der Waals surface area contributed by atoms with E-state index in [-0.39, 0.29) is 17.5 Å². The van der Waals surface area contributed by atoms with Crippen molar-refractivity contribution in [3.05, 3.63) is 58.1 Å². The zero-order valence-electron chi connectivity index (χ0n) is 17.5. The van der Waals surface area contributed by atoms with Gasteiger partial charge in [-0.15, -0.1) is 0 Å². The molecule has 8 nitrogen and oxygen atoms in total. The summed E-state index contributed by atoms with van der Waals surface area (Å²) >= 11 is 0. The Morgan fingerprint density at radius 1 is 1.06 bits per heavy atom. The Bertz CT molecular complexity index is 1250. The van der Waals surface area contributed by atoms with Crippen molar-refractivity contribution < 1.29 is 22.9 Å². The fourth-order valence-electron chi connectivity index (χ4n) is 4.70. The van der Waals surface area contributed by atoms with E-state index in [1.54, 1.807) is 9.80 Å². The Morgan fingerprint density at radius 2 is 1.79 bits per heavy atom. The predicted molar refractivity (Wildman–Crippen MR) is 115 cm³/mol. The Morgan fingerprint density at radius 3 is 2.48 bits per heavy atom. The molecule has 5 rings (SSSR count). The summed E-state index contributed by atoms with van der Waals surface area (Å²) in [6.45, 7) is 1.88. The highest BCUT2D eigenvalue weighted by molar-refractivity contribution is 5.96. The molecule has 0 aliphatic carbocycles. The van der Waals surface area contributed by atoms with Crippen molar-refractivity contribution in [2.24, 2.45) is 5.92 Å². The van der Waals surface area contributed by atoms with Gasteiger partial charge in [-0.2, -0.15) is 13.2 Å². The number of hydrogen-bond acceptors (Lipinski definition) is 5. The van der Waals surface area contributed by atoms with Crippen LogP contribution in [0, 0.1) is 16.0 Å². The van der Waals surface area contributed by atoms with Crippen LogP contribution in [0.5, 0.6) is 0 Å². The highest BCUT2D eigenvalue weighted by Crippen LogP contribution is 2.38. The third-order valence-electron chi connectivity index (χ3n) is 6.37. The molecule has 2 aromatic carbocycles. The summed E-state index contributed by atoms with van der Waals surface area (Å²) < 4.78 is 41.0. The van der Waals surface area contributed by atoms with E-state index in [9.17, 15) is 28.1 Å². The van der Waals surface area contributed by atoms with E-state index in [0.717, 1.165) is 23.2 Å². The van der Waals surface area contributed by atoms with E-state index in [4.69, 9.17) is 0 Å². The maximum Gasteiger partial charge on any atom is 0.416 e. The van der Waals surface area contributed by atoms with Gasteiger partial charge in [0.05, 0.1) is 21.5 Å². The van der Waals surface area contributed by atoms with E-state index in [1.807, 2.05) is 28.8 Å². The fraction of sp³-hybridized carbons (Fsp3) is 0.364. The molecule has 2 aliphatic rings. The lowest BCUT2D eigenvalue weighted by Gasteiger charge is -2.34. The Labute approximate surface area is 186 Å². The van der Waals surface area contributed by atoms with Crippen LogP contribution in [0.15, 0.2) is 42.5 Å². The molecular weight excluding hydrogens is 439 g/mol. The number of fused-ring (bicyclic) bond motifs is 3.